The van der Waals surface area contributed by atoms with Crippen molar-refractivity contribution in [1.82, 2.24) is 0 Å². The first-order chi connectivity index (χ1) is 7.56. The Morgan fingerprint density at radius 2 is 1.94 bits per heavy atom. The van der Waals surface area contributed by atoms with Crippen LogP contribution in [0.25, 0.3) is 0 Å². The number of hydrogen-bond acceptors (Lipinski definition) is 3. The number of aryl methyl sites for hydroxylation is 2. The Balaban J connectivity index is 2.12. The zero-order valence-corrected chi connectivity index (χ0v) is 11.0. The molecule has 1 aliphatic rings. The first kappa shape index (κ1) is 11.6. The molecule has 0 bridgehead atoms. The zero-order valence-electron chi connectivity index (χ0n) is 9.42. The average Bonchev–Trinajstić information content (AvgIpc) is 2.97. The Hall–Kier alpha value is -0.900. The summed E-state index contributed by atoms with van der Waals surface area (Å²) in [6.45, 7) is 4.40. The largest absolute Gasteiger partial charge is 0.490 e. The molecule has 16 heavy (non-hydrogen) atoms. The second kappa shape index (κ2) is 4.17. The van der Waals surface area contributed by atoms with Gasteiger partial charge >= 0.3 is 0 Å². The van der Waals surface area contributed by atoms with Gasteiger partial charge in [-0.2, -0.15) is 4.91 Å². The normalized spacial score (nSPS) is 16.9. The van der Waals surface area contributed by atoms with E-state index in [9.17, 15) is 4.91 Å². The molecule has 0 amide bonds. The van der Waals surface area contributed by atoms with Crippen LogP contribution in [-0.2, 0) is 0 Å². The molecule has 0 unspecified atom stereocenters. The lowest BCUT2D eigenvalue weighted by molar-refractivity contribution is 0.276. The molecule has 1 saturated carbocycles. The number of rotatable bonds is 4. The smallest absolute Gasteiger partial charge is 0.137 e. The standard InChI is InChI=1S/C12H14BrNO2/c1-8-5-10(13)6-9(2)11(8)16-7-12(14-15)3-4-12/h5-6H,3-4,7H2,1-2H3. The van der Waals surface area contributed by atoms with Crippen LogP contribution in [0.1, 0.15) is 24.0 Å². The molecule has 4 heteroatoms. The second-order valence-electron chi connectivity index (χ2n) is 4.47. The van der Waals surface area contributed by atoms with Crippen LogP contribution in [0, 0.1) is 18.8 Å². The third kappa shape index (κ3) is 2.26. The molecule has 0 aromatic heterocycles. The van der Waals surface area contributed by atoms with Crippen molar-refractivity contribution in [2.24, 2.45) is 5.18 Å². The Morgan fingerprint density at radius 1 is 1.38 bits per heavy atom. The highest BCUT2D eigenvalue weighted by Crippen LogP contribution is 2.40. The fraction of sp³-hybridized carbons (Fsp3) is 0.500. The van der Waals surface area contributed by atoms with E-state index in [2.05, 4.69) is 21.1 Å². The van der Waals surface area contributed by atoms with Gasteiger partial charge in [0, 0.05) is 4.47 Å². The van der Waals surface area contributed by atoms with E-state index in [1.807, 2.05) is 26.0 Å². The summed E-state index contributed by atoms with van der Waals surface area (Å²) in [5, 5.41) is 3.14. The van der Waals surface area contributed by atoms with Crippen LogP contribution in [0.5, 0.6) is 5.75 Å². The Morgan fingerprint density at radius 3 is 2.38 bits per heavy atom. The molecule has 2 rings (SSSR count). The van der Waals surface area contributed by atoms with Gasteiger partial charge in [-0.15, -0.1) is 0 Å². The van der Waals surface area contributed by atoms with Gasteiger partial charge in [0.2, 0.25) is 0 Å². The molecule has 3 nitrogen and oxygen atoms in total. The second-order valence-corrected chi connectivity index (χ2v) is 5.39. The summed E-state index contributed by atoms with van der Waals surface area (Å²) in [6.07, 6.45) is 1.70. The van der Waals surface area contributed by atoms with Gasteiger partial charge in [-0.3, -0.25) is 0 Å². The Kier molecular flexibility index (Phi) is 3.02. The van der Waals surface area contributed by atoms with Crippen LogP contribution in [0.3, 0.4) is 0 Å². The van der Waals surface area contributed by atoms with E-state index >= 15 is 0 Å². The van der Waals surface area contributed by atoms with Crippen LogP contribution in [0.15, 0.2) is 21.8 Å². The third-order valence-corrected chi connectivity index (χ3v) is 3.39. The van der Waals surface area contributed by atoms with Crippen LogP contribution in [-0.4, -0.2) is 12.1 Å². The lowest BCUT2D eigenvalue weighted by Gasteiger charge is -2.14. The van der Waals surface area contributed by atoms with Crippen LogP contribution in [0.4, 0.5) is 0 Å². The first-order valence-corrected chi connectivity index (χ1v) is 6.10. The maximum Gasteiger partial charge on any atom is 0.137 e. The maximum absolute atomic E-state index is 10.6. The van der Waals surface area contributed by atoms with Gasteiger partial charge < -0.3 is 4.74 Å². The molecule has 0 heterocycles. The quantitative estimate of drug-likeness (QED) is 0.790. The van der Waals surface area contributed by atoms with Gasteiger partial charge in [-0.1, -0.05) is 21.1 Å². The van der Waals surface area contributed by atoms with E-state index in [1.54, 1.807) is 0 Å². The van der Waals surface area contributed by atoms with Crippen molar-refractivity contribution >= 4 is 15.9 Å². The van der Waals surface area contributed by atoms with Crippen molar-refractivity contribution in [3.05, 3.63) is 32.6 Å². The zero-order chi connectivity index (χ0) is 11.8. The van der Waals surface area contributed by atoms with Crippen molar-refractivity contribution in [2.75, 3.05) is 6.61 Å². The van der Waals surface area contributed by atoms with Crippen LogP contribution >= 0.6 is 15.9 Å². The topological polar surface area (TPSA) is 38.7 Å². The van der Waals surface area contributed by atoms with E-state index in [-0.39, 0.29) is 0 Å². The molecule has 1 aliphatic carbocycles. The molecule has 0 N–H and O–H groups in total. The van der Waals surface area contributed by atoms with E-state index in [0.29, 0.717) is 6.61 Å². The van der Waals surface area contributed by atoms with E-state index in [4.69, 9.17) is 4.74 Å². The Labute approximate surface area is 103 Å². The molecule has 0 atom stereocenters. The SMILES string of the molecule is Cc1cc(Br)cc(C)c1OCC1(N=O)CC1. The van der Waals surface area contributed by atoms with Crippen LogP contribution in [0.2, 0.25) is 0 Å². The van der Waals surface area contributed by atoms with E-state index < -0.39 is 5.54 Å². The van der Waals surface area contributed by atoms with Gasteiger partial charge in [-0.05, 0) is 49.9 Å². The summed E-state index contributed by atoms with van der Waals surface area (Å²) < 4.78 is 6.77. The number of ether oxygens (including phenoxy) is 1. The first-order valence-electron chi connectivity index (χ1n) is 5.30. The molecule has 1 aromatic carbocycles. The molecule has 0 radical (unpaired) electrons. The summed E-state index contributed by atoms with van der Waals surface area (Å²) in [5.74, 6) is 0.873. The van der Waals surface area contributed by atoms with Crippen molar-refractivity contribution < 1.29 is 4.74 Å². The van der Waals surface area contributed by atoms with Crippen molar-refractivity contribution in [2.45, 2.75) is 32.2 Å². The number of nitroso groups, excluding NO2 is 1. The molecular weight excluding hydrogens is 270 g/mol. The minimum atomic E-state index is -0.439. The molecule has 0 aliphatic heterocycles. The summed E-state index contributed by atoms with van der Waals surface area (Å²) in [4.78, 5) is 10.6. The van der Waals surface area contributed by atoms with E-state index in [0.717, 1.165) is 34.2 Å². The van der Waals surface area contributed by atoms with Crippen molar-refractivity contribution in [1.29, 1.82) is 0 Å². The third-order valence-electron chi connectivity index (χ3n) is 2.93. The minimum Gasteiger partial charge on any atom is -0.490 e. The summed E-state index contributed by atoms with van der Waals surface area (Å²) in [7, 11) is 0. The number of nitrogens with zero attached hydrogens (tertiary/aromatic N) is 1. The monoisotopic (exact) mass is 283 g/mol. The average molecular weight is 284 g/mol. The predicted octanol–water partition coefficient (Wildman–Crippen LogP) is 3.74. The Bertz CT molecular complexity index is 404. The van der Waals surface area contributed by atoms with E-state index in [1.165, 1.54) is 0 Å². The number of benzene rings is 1. The molecular formula is C12H14BrNO2. The highest BCUT2D eigenvalue weighted by Gasteiger charge is 2.46. The molecule has 1 aromatic rings. The fourth-order valence-electron chi connectivity index (χ4n) is 1.74. The van der Waals surface area contributed by atoms with Gasteiger partial charge in [0.1, 0.15) is 17.9 Å². The van der Waals surface area contributed by atoms with Gasteiger partial charge in [-0.25, -0.2) is 0 Å². The molecule has 0 spiro atoms. The van der Waals surface area contributed by atoms with Crippen molar-refractivity contribution in [3.8, 4) is 5.75 Å². The summed E-state index contributed by atoms with van der Waals surface area (Å²) >= 11 is 3.44. The molecule has 86 valence electrons. The fourth-order valence-corrected chi connectivity index (χ4v) is 2.42. The molecule has 0 saturated heterocycles. The number of hydrogen-bond donors (Lipinski definition) is 0. The van der Waals surface area contributed by atoms with Gasteiger partial charge in [0.05, 0.1) is 0 Å². The highest BCUT2D eigenvalue weighted by molar-refractivity contribution is 9.10. The van der Waals surface area contributed by atoms with Gasteiger partial charge in [0.25, 0.3) is 0 Å². The van der Waals surface area contributed by atoms with Crippen molar-refractivity contribution in [3.63, 3.8) is 0 Å². The predicted molar refractivity (Wildman–Crippen MR) is 66.9 cm³/mol. The summed E-state index contributed by atoms with van der Waals surface area (Å²) in [6, 6.07) is 4.02. The number of halogens is 1. The van der Waals surface area contributed by atoms with Crippen LogP contribution < -0.4 is 4.74 Å². The highest BCUT2D eigenvalue weighted by atomic mass is 79.9. The molecule has 1 fully saturated rings. The maximum atomic E-state index is 10.6. The minimum absolute atomic E-state index is 0.403. The summed E-state index contributed by atoms with van der Waals surface area (Å²) in [5.41, 5.74) is 1.72. The lowest BCUT2D eigenvalue weighted by Crippen LogP contribution is -2.17. The lowest BCUT2D eigenvalue weighted by atomic mass is 10.1. The van der Waals surface area contributed by atoms with Gasteiger partial charge in [0.15, 0.2) is 0 Å².